The molecule has 0 amide bonds. The van der Waals surface area contributed by atoms with Gasteiger partial charge in [0.2, 0.25) is 0 Å². The fourth-order valence-corrected chi connectivity index (χ4v) is 1.68. The average Bonchev–Trinajstić information content (AvgIpc) is 2.69. The van der Waals surface area contributed by atoms with E-state index in [0.717, 1.165) is 19.7 Å². The van der Waals surface area contributed by atoms with Gasteiger partial charge in [-0.15, -0.1) is 0 Å². The summed E-state index contributed by atoms with van der Waals surface area (Å²) in [5, 5.41) is 7.55. The summed E-state index contributed by atoms with van der Waals surface area (Å²) in [6.45, 7) is 3.91. The number of rotatable bonds is 8. The van der Waals surface area contributed by atoms with E-state index >= 15 is 0 Å². The molecule has 1 aromatic rings. The second kappa shape index (κ2) is 7.94. The Kier molecular flexibility index (Phi) is 6.61. The smallest absolute Gasteiger partial charge is 0.0700 e. The summed E-state index contributed by atoms with van der Waals surface area (Å²) in [5.41, 5.74) is 1.34. The molecule has 0 aliphatic heterocycles. The minimum absolute atomic E-state index is 0.671. The van der Waals surface area contributed by atoms with Gasteiger partial charge < -0.3 is 14.8 Å². The summed E-state index contributed by atoms with van der Waals surface area (Å²) >= 11 is 1.73. The topological polar surface area (TPSA) is 30.5 Å². The van der Waals surface area contributed by atoms with Gasteiger partial charge in [0.15, 0.2) is 0 Å². The molecule has 0 saturated carbocycles. The average molecular weight is 215 g/mol. The second-order valence-electron chi connectivity index (χ2n) is 2.91. The number of thiophene rings is 1. The zero-order chi connectivity index (χ0) is 10.1. The van der Waals surface area contributed by atoms with Crippen molar-refractivity contribution in [1.82, 2.24) is 5.32 Å². The van der Waals surface area contributed by atoms with Crippen LogP contribution in [-0.4, -0.2) is 33.5 Å². The van der Waals surface area contributed by atoms with Crippen molar-refractivity contribution in [1.29, 1.82) is 0 Å². The molecule has 80 valence electrons. The minimum Gasteiger partial charge on any atom is -0.382 e. The Balaban J connectivity index is 1.85. The second-order valence-corrected chi connectivity index (χ2v) is 3.69. The van der Waals surface area contributed by atoms with Crippen molar-refractivity contribution >= 4 is 11.3 Å². The highest BCUT2D eigenvalue weighted by Gasteiger charge is 1.92. The molecule has 0 unspecified atom stereocenters. The van der Waals surface area contributed by atoms with Gasteiger partial charge in [-0.2, -0.15) is 11.3 Å². The van der Waals surface area contributed by atoms with E-state index in [0.29, 0.717) is 13.2 Å². The van der Waals surface area contributed by atoms with Crippen LogP contribution in [0.4, 0.5) is 0 Å². The van der Waals surface area contributed by atoms with E-state index in [1.54, 1.807) is 18.4 Å². The molecule has 1 heterocycles. The van der Waals surface area contributed by atoms with Crippen molar-refractivity contribution < 1.29 is 9.47 Å². The lowest BCUT2D eigenvalue weighted by atomic mass is 10.3. The zero-order valence-corrected chi connectivity index (χ0v) is 9.31. The van der Waals surface area contributed by atoms with Crippen LogP contribution in [0.1, 0.15) is 5.56 Å². The number of ether oxygens (including phenoxy) is 2. The lowest BCUT2D eigenvalue weighted by Crippen LogP contribution is -2.19. The third-order valence-corrected chi connectivity index (χ3v) is 2.50. The molecule has 0 aliphatic carbocycles. The monoisotopic (exact) mass is 215 g/mol. The first kappa shape index (κ1) is 11.7. The molecular weight excluding hydrogens is 198 g/mol. The summed E-state index contributed by atoms with van der Waals surface area (Å²) < 4.78 is 10.2. The number of methoxy groups -OCH3 is 1. The fourth-order valence-electron chi connectivity index (χ4n) is 1.01. The van der Waals surface area contributed by atoms with Crippen LogP contribution in [0.3, 0.4) is 0 Å². The van der Waals surface area contributed by atoms with Crippen LogP contribution < -0.4 is 5.32 Å². The van der Waals surface area contributed by atoms with E-state index in [4.69, 9.17) is 9.47 Å². The molecule has 0 spiro atoms. The highest BCUT2D eigenvalue weighted by Crippen LogP contribution is 2.04. The molecule has 0 fully saturated rings. The highest BCUT2D eigenvalue weighted by atomic mass is 32.1. The minimum atomic E-state index is 0.671. The zero-order valence-electron chi connectivity index (χ0n) is 8.49. The first-order chi connectivity index (χ1) is 6.93. The summed E-state index contributed by atoms with van der Waals surface area (Å²) in [7, 11) is 1.68. The lowest BCUT2D eigenvalue weighted by Gasteiger charge is -2.04. The third kappa shape index (κ3) is 5.34. The van der Waals surface area contributed by atoms with Crippen molar-refractivity contribution in [3.05, 3.63) is 22.4 Å². The largest absolute Gasteiger partial charge is 0.382 e. The van der Waals surface area contributed by atoms with Crippen LogP contribution in [0.25, 0.3) is 0 Å². The highest BCUT2D eigenvalue weighted by molar-refractivity contribution is 7.07. The summed E-state index contributed by atoms with van der Waals surface area (Å²) in [5.74, 6) is 0. The molecule has 14 heavy (non-hydrogen) atoms. The van der Waals surface area contributed by atoms with Gasteiger partial charge in [-0.1, -0.05) is 0 Å². The Labute approximate surface area is 89.0 Å². The first-order valence-electron chi connectivity index (χ1n) is 4.72. The molecule has 3 nitrogen and oxygen atoms in total. The van der Waals surface area contributed by atoms with E-state index in [9.17, 15) is 0 Å². The molecular formula is C10H17NO2S. The summed E-state index contributed by atoms with van der Waals surface area (Å²) in [6.07, 6.45) is 0. The molecule has 1 aromatic heterocycles. The van der Waals surface area contributed by atoms with Gasteiger partial charge in [0.25, 0.3) is 0 Å². The van der Waals surface area contributed by atoms with E-state index in [2.05, 4.69) is 22.1 Å². The maximum atomic E-state index is 5.31. The Morgan fingerprint density at radius 1 is 1.36 bits per heavy atom. The molecule has 0 bridgehead atoms. The lowest BCUT2D eigenvalue weighted by molar-refractivity contribution is 0.0719. The van der Waals surface area contributed by atoms with Crippen molar-refractivity contribution in [3.63, 3.8) is 0 Å². The normalized spacial score (nSPS) is 10.6. The van der Waals surface area contributed by atoms with Crippen molar-refractivity contribution in [2.75, 3.05) is 33.5 Å². The Bertz CT molecular complexity index is 214. The maximum Gasteiger partial charge on any atom is 0.0700 e. The van der Waals surface area contributed by atoms with E-state index in [1.165, 1.54) is 5.56 Å². The van der Waals surface area contributed by atoms with Crippen LogP contribution in [0.2, 0.25) is 0 Å². The maximum absolute atomic E-state index is 5.31. The molecule has 0 aliphatic rings. The number of hydrogen-bond donors (Lipinski definition) is 1. The van der Waals surface area contributed by atoms with Gasteiger partial charge in [-0.05, 0) is 22.4 Å². The fraction of sp³-hybridized carbons (Fsp3) is 0.600. The quantitative estimate of drug-likeness (QED) is 0.667. The molecule has 0 radical (unpaired) electrons. The molecule has 1 rings (SSSR count). The Morgan fingerprint density at radius 2 is 2.29 bits per heavy atom. The predicted octanol–water partition coefficient (Wildman–Crippen LogP) is 1.50. The number of hydrogen-bond acceptors (Lipinski definition) is 4. The summed E-state index contributed by atoms with van der Waals surface area (Å²) in [6, 6.07) is 2.13. The van der Waals surface area contributed by atoms with E-state index in [-0.39, 0.29) is 0 Å². The van der Waals surface area contributed by atoms with Gasteiger partial charge in [-0.3, -0.25) is 0 Å². The molecule has 0 saturated heterocycles. The van der Waals surface area contributed by atoms with Gasteiger partial charge >= 0.3 is 0 Å². The predicted molar refractivity (Wildman–Crippen MR) is 58.7 cm³/mol. The van der Waals surface area contributed by atoms with Crippen molar-refractivity contribution in [2.45, 2.75) is 6.54 Å². The van der Waals surface area contributed by atoms with Gasteiger partial charge in [0.05, 0.1) is 19.8 Å². The van der Waals surface area contributed by atoms with Crippen LogP contribution in [0.5, 0.6) is 0 Å². The molecule has 4 heteroatoms. The third-order valence-electron chi connectivity index (χ3n) is 1.76. The molecule has 0 aromatic carbocycles. The number of nitrogens with one attached hydrogen (secondary N) is 1. The molecule has 0 atom stereocenters. The van der Waals surface area contributed by atoms with Gasteiger partial charge in [-0.25, -0.2) is 0 Å². The summed E-state index contributed by atoms with van der Waals surface area (Å²) in [4.78, 5) is 0. The van der Waals surface area contributed by atoms with Crippen LogP contribution >= 0.6 is 11.3 Å². The van der Waals surface area contributed by atoms with Crippen LogP contribution in [-0.2, 0) is 16.0 Å². The Morgan fingerprint density at radius 3 is 3.00 bits per heavy atom. The van der Waals surface area contributed by atoms with Gasteiger partial charge in [0, 0.05) is 20.2 Å². The van der Waals surface area contributed by atoms with E-state index < -0.39 is 0 Å². The van der Waals surface area contributed by atoms with Crippen LogP contribution in [0, 0.1) is 0 Å². The standard InChI is InChI=1S/C10H17NO2S/c1-12-5-6-13-4-3-11-8-10-2-7-14-9-10/h2,7,9,11H,3-6,8H2,1H3. The van der Waals surface area contributed by atoms with E-state index in [1.807, 2.05) is 0 Å². The first-order valence-corrected chi connectivity index (χ1v) is 5.66. The molecule has 1 N–H and O–H groups in total. The van der Waals surface area contributed by atoms with Gasteiger partial charge in [0.1, 0.15) is 0 Å². The Hall–Kier alpha value is -0.420. The van der Waals surface area contributed by atoms with Crippen molar-refractivity contribution in [2.24, 2.45) is 0 Å². The van der Waals surface area contributed by atoms with Crippen LogP contribution in [0.15, 0.2) is 16.8 Å². The van der Waals surface area contributed by atoms with Crippen molar-refractivity contribution in [3.8, 4) is 0 Å². The SMILES string of the molecule is COCCOCCNCc1ccsc1.